The Balaban J connectivity index is 0.694. The number of nitrogens with one attached hydrogen (secondary N) is 8. The zero-order valence-electron chi connectivity index (χ0n) is 72.9. The minimum atomic E-state index is -4.59. The Morgan fingerprint density at radius 1 is 0.371 bits per heavy atom. The average Bonchev–Trinajstić information content (AvgIpc) is 0.830. The summed E-state index contributed by atoms with van der Waals surface area (Å²) in [5, 5.41) is 27.4. The maximum Gasteiger partial charge on any atom is 0.416 e. The first kappa shape index (κ1) is 91.6. The van der Waals surface area contributed by atoms with Crippen LogP contribution >= 0.6 is 0 Å². The van der Waals surface area contributed by atoms with E-state index in [0.717, 1.165) is 36.4 Å². The average molecular weight is 1830 g/mol. The van der Waals surface area contributed by atoms with Crippen molar-refractivity contribution in [2.75, 3.05) is 93.2 Å². The van der Waals surface area contributed by atoms with E-state index in [1.807, 2.05) is 19.6 Å². The molecule has 4 amide bonds. The predicted octanol–water partition coefficient (Wildman–Crippen LogP) is 16.2. The highest BCUT2D eigenvalue weighted by molar-refractivity contribution is 5.98. The Morgan fingerprint density at radius 3 is 0.932 bits per heavy atom. The number of aryl methyl sites for hydroxylation is 4. The molecule has 690 valence electrons. The van der Waals surface area contributed by atoms with Crippen LogP contribution < -0.4 is 62.1 Å². The van der Waals surface area contributed by atoms with Gasteiger partial charge >= 0.3 is 12.4 Å². The lowest BCUT2D eigenvalue weighted by atomic mass is 9.75. The molecule has 12 aromatic rings. The van der Waals surface area contributed by atoms with Gasteiger partial charge < -0.3 is 62.1 Å². The third kappa shape index (κ3) is 20.4. The second-order valence-electron chi connectivity index (χ2n) is 34.2. The number of carbonyl (C=O) groups excluding carboxylic acids is 4. The highest BCUT2D eigenvalue weighted by atomic mass is 19.4. The number of amides is 4. The summed E-state index contributed by atoms with van der Waals surface area (Å²) in [6.07, 6.45) is -10.1. The molecular formula is C92H94F12N24O4. The number of pyridine rings is 4. The highest BCUT2D eigenvalue weighted by Crippen LogP contribution is 2.42. The SMILES string of the molecule is Cc1nc(N[C@H](C)c2cccc(C(F)(F)F)c2)c2cc(N3CC[C@@H](NC(=O)CC(CC(=O)N[C@@H]4CCN(c5cc6c(N[C@H](C)c7cccc(C(F)F)c7F)nc(C)nc6cn5)C4)(CC(=O)N[C@H]4CCN(c5cc6c(N[C@H](C)c7cccc(C(F)(F)F)c7)nc(C)nc6cn5)C4)C(=O)N[C@H]4CCN(c5cc6c(N[C@H](C)c7cccc(C(F)F)c7F)nc(C)nc6cn5)C4)C3)ncc2n1. The Labute approximate surface area is 749 Å². The summed E-state index contributed by atoms with van der Waals surface area (Å²) in [7, 11) is 0. The van der Waals surface area contributed by atoms with E-state index in [2.05, 4.69) is 82.4 Å². The summed E-state index contributed by atoms with van der Waals surface area (Å²) in [5.41, 5.74) is -3.02. The van der Waals surface area contributed by atoms with Crippen molar-refractivity contribution >= 4 is 114 Å². The second kappa shape index (κ2) is 37.6. The third-order valence-corrected chi connectivity index (χ3v) is 24.5. The van der Waals surface area contributed by atoms with E-state index in [1.54, 1.807) is 104 Å². The fourth-order valence-corrected chi connectivity index (χ4v) is 17.8. The van der Waals surface area contributed by atoms with Crippen LogP contribution in [0.15, 0.2) is 134 Å². The third-order valence-electron chi connectivity index (χ3n) is 24.5. The molecule has 16 rings (SSSR count). The molecule has 4 fully saturated rings. The molecule has 28 nitrogen and oxygen atoms in total. The summed E-state index contributed by atoms with van der Waals surface area (Å²) in [6.45, 7) is 15.1. The predicted molar refractivity (Wildman–Crippen MR) is 473 cm³/mol. The molecule has 0 bridgehead atoms. The molecule has 9 atom stereocenters. The van der Waals surface area contributed by atoms with E-state index in [9.17, 15) is 43.9 Å². The van der Waals surface area contributed by atoms with E-state index in [0.29, 0.717) is 152 Å². The van der Waals surface area contributed by atoms with Crippen molar-refractivity contribution in [3.05, 3.63) is 213 Å². The summed E-state index contributed by atoms with van der Waals surface area (Å²) < 4.78 is 171. The van der Waals surface area contributed by atoms with Crippen LogP contribution in [0.25, 0.3) is 43.6 Å². The zero-order chi connectivity index (χ0) is 93.5. The molecule has 1 unspecified atom stereocenters. The first-order valence-corrected chi connectivity index (χ1v) is 43.2. The van der Waals surface area contributed by atoms with E-state index in [4.69, 9.17) is 19.9 Å². The number of benzene rings is 4. The number of anilines is 8. The van der Waals surface area contributed by atoms with Crippen molar-refractivity contribution in [1.82, 2.24) is 81.1 Å². The zero-order valence-corrected chi connectivity index (χ0v) is 72.9. The molecular weight excluding hydrogens is 1730 g/mol. The molecule has 0 radical (unpaired) electrons. The van der Waals surface area contributed by atoms with Gasteiger partial charge in [-0.3, -0.25) is 19.2 Å². The molecule has 8 N–H and O–H groups in total. The summed E-state index contributed by atoms with van der Waals surface area (Å²) >= 11 is 0. The van der Waals surface area contributed by atoms with E-state index in [-0.39, 0.29) is 61.9 Å². The first-order valence-electron chi connectivity index (χ1n) is 43.2. The molecule has 132 heavy (non-hydrogen) atoms. The van der Waals surface area contributed by atoms with Crippen molar-refractivity contribution in [2.24, 2.45) is 5.41 Å². The van der Waals surface area contributed by atoms with E-state index in [1.165, 1.54) is 48.8 Å². The molecule has 4 aliphatic heterocycles. The van der Waals surface area contributed by atoms with Gasteiger partial charge in [0.25, 0.3) is 12.9 Å². The van der Waals surface area contributed by atoms with Gasteiger partial charge in [0.2, 0.25) is 23.6 Å². The lowest BCUT2D eigenvalue weighted by Gasteiger charge is -2.33. The molecule has 4 saturated heterocycles. The van der Waals surface area contributed by atoms with Crippen molar-refractivity contribution in [3.63, 3.8) is 0 Å². The van der Waals surface area contributed by atoms with Crippen molar-refractivity contribution in [3.8, 4) is 0 Å². The van der Waals surface area contributed by atoms with Gasteiger partial charge in [-0.1, -0.05) is 60.7 Å². The molecule has 4 aromatic carbocycles. The van der Waals surface area contributed by atoms with Gasteiger partial charge in [-0.05, 0) is 141 Å². The van der Waals surface area contributed by atoms with Crippen LogP contribution in [0.5, 0.6) is 0 Å². The van der Waals surface area contributed by atoms with Gasteiger partial charge in [-0.15, -0.1) is 0 Å². The fourth-order valence-electron chi connectivity index (χ4n) is 17.8. The fraction of sp³-hybridized carbons (Fsp3) is 0.391. The maximum atomic E-state index is 16.3. The number of fused-ring (bicyclic) bond motifs is 4. The number of nitrogens with zero attached hydrogens (tertiary/aromatic N) is 16. The van der Waals surface area contributed by atoms with Crippen LogP contribution in [0.1, 0.15) is 177 Å². The van der Waals surface area contributed by atoms with Gasteiger partial charge in [-0.25, -0.2) is 86.2 Å². The topological polar surface area (TPSA) is 332 Å². The minimum Gasteiger partial charge on any atom is -0.363 e. The number of alkyl halides is 10. The molecule has 0 saturated carbocycles. The number of carbonyl (C=O) groups is 4. The summed E-state index contributed by atoms with van der Waals surface area (Å²) in [6, 6.07) is 18.7. The van der Waals surface area contributed by atoms with Crippen molar-refractivity contribution in [1.29, 1.82) is 0 Å². The smallest absolute Gasteiger partial charge is 0.363 e. The number of hydrogen-bond acceptors (Lipinski definition) is 24. The quantitative estimate of drug-likeness (QED) is 0.0202. The van der Waals surface area contributed by atoms with Gasteiger partial charge in [-0.2, -0.15) is 26.3 Å². The lowest BCUT2D eigenvalue weighted by molar-refractivity contribution is -0.144. The largest absolute Gasteiger partial charge is 0.416 e. The molecule has 4 aliphatic rings. The summed E-state index contributed by atoms with van der Waals surface area (Å²) in [4.78, 5) is 126. The summed E-state index contributed by atoms with van der Waals surface area (Å²) in [5.74, 6) is -0.808. The van der Waals surface area contributed by atoms with Gasteiger partial charge in [0.15, 0.2) is 0 Å². The monoisotopic (exact) mass is 1830 g/mol. The van der Waals surface area contributed by atoms with Crippen molar-refractivity contribution < 1.29 is 71.9 Å². The number of hydrogen-bond donors (Lipinski definition) is 8. The highest BCUT2D eigenvalue weighted by Gasteiger charge is 2.48. The molecule has 40 heteroatoms. The van der Waals surface area contributed by atoms with Gasteiger partial charge in [0.1, 0.15) is 81.5 Å². The minimum absolute atomic E-state index is 0.0226. The Morgan fingerprint density at radius 2 is 0.644 bits per heavy atom. The molecule has 0 spiro atoms. The normalized spacial score (nSPS) is 18.0. The molecule has 8 aromatic heterocycles. The molecule has 0 aliphatic carbocycles. The maximum absolute atomic E-state index is 16.3. The van der Waals surface area contributed by atoms with Crippen LogP contribution in [0.4, 0.5) is 99.2 Å². The Kier molecular flexibility index (Phi) is 26.1. The van der Waals surface area contributed by atoms with Gasteiger partial charge in [0.05, 0.1) is 86.6 Å². The number of halogens is 12. The second-order valence-corrected chi connectivity index (χ2v) is 34.2. The Hall–Kier alpha value is -13.7. The van der Waals surface area contributed by atoms with Crippen molar-refractivity contribution in [2.45, 2.75) is 174 Å². The standard InChI is InChI=1S/C92H94F12N24O4/c1-46(54-13-9-15-56(29-54)91(99,100)101)109-85-66-31-74(105-38-70(66)113-50(5)117-85)125-25-21-58(42-125)121-78(129)35-90(89(132)124-61-24-28-128(45-61)77-34-69-73(41-108-77)116-53(8)120-88(69)112-49(4)63-18-12-20-65(82(63)94)84(97)98,36-79(130)122-59-22-26-126(43-59)75-32-67-71(39-106-75)114-51(6)118-86(67)110-47(2)55-14-10-16-57(30-55)92(102,103)104)37-80(131)123-60-23-27-127(44-60)76-33-68-72(40-107-76)115-52(7)119-87(68)111-48(3)62-17-11-19-64(81(62)93)83(95)96/h9-20,29-34,38-41,46-49,58-61,83-84H,21-28,35-37,42-45H2,1-8H3,(H,121,129)(H,122,130)(H,123,131)(H,124,132)(H,109,113,117)(H,110,114,118)(H,111,115,119)(H,112,116,120)/t46-,47-,48-,49-,58-,59+,60-,61+,90?/m1/s1. The van der Waals surface area contributed by atoms with Gasteiger partial charge in [0, 0.05) is 141 Å². The lowest BCUT2D eigenvalue weighted by Crippen LogP contribution is -2.54. The van der Waals surface area contributed by atoms with Crippen LogP contribution in [0, 0.1) is 44.7 Å². The Bertz CT molecular complexity index is 6210. The number of aromatic nitrogens is 12. The first-order chi connectivity index (χ1) is 62.9. The van der Waals surface area contributed by atoms with E-state index < -0.39 is 156 Å². The van der Waals surface area contributed by atoms with Crippen LogP contribution in [0.3, 0.4) is 0 Å². The molecule has 12 heterocycles. The van der Waals surface area contributed by atoms with E-state index >= 15 is 28.0 Å². The van der Waals surface area contributed by atoms with Crippen LogP contribution in [0.2, 0.25) is 0 Å². The van der Waals surface area contributed by atoms with Crippen LogP contribution in [-0.4, -0.2) is 160 Å². The number of rotatable bonds is 29. The van der Waals surface area contributed by atoms with Crippen LogP contribution in [-0.2, 0) is 31.5 Å².